The van der Waals surface area contributed by atoms with Crippen molar-refractivity contribution in [1.82, 2.24) is 5.32 Å². The summed E-state index contributed by atoms with van der Waals surface area (Å²) >= 11 is 3.14. The van der Waals surface area contributed by atoms with E-state index in [1.165, 1.54) is 16.6 Å². The zero-order valence-electron chi connectivity index (χ0n) is 11.0. The van der Waals surface area contributed by atoms with Gasteiger partial charge in [-0.25, -0.2) is 4.79 Å². The number of thiophene rings is 1. The lowest BCUT2D eigenvalue weighted by atomic mass is 9.90. The number of carbonyl (C=O) groups excluding carboxylic acids is 1. The molecule has 0 aliphatic carbocycles. The van der Waals surface area contributed by atoms with Crippen LogP contribution >= 0.6 is 23.1 Å². The van der Waals surface area contributed by atoms with Gasteiger partial charge in [-0.15, -0.1) is 23.1 Å². The molecule has 1 aromatic rings. The summed E-state index contributed by atoms with van der Waals surface area (Å²) in [7, 11) is 0. The number of carbonyl (C=O) groups is 2. The van der Waals surface area contributed by atoms with Crippen LogP contribution in [0.2, 0.25) is 0 Å². The van der Waals surface area contributed by atoms with Gasteiger partial charge in [0.15, 0.2) is 0 Å². The zero-order chi connectivity index (χ0) is 14.4. The van der Waals surface area contributed by atoms with Crippen molar-refractivity contribution in [1.29, 1.82) is 0 Å². The molecular weight excluding hydrogens is 298 g/mol. The zero-order valence-corrected chi connectivity index (χ0v) is 12.6. The molecule has 1 aliphatic rings. The molecule has 0 atom stereocenters. The van der Waals surface area contributed by atoms with Crippen molar-refractivity contribution in [3.8, 4) is 0 Å². The maximum Gasteiger partial charge on any atom is 0.329 e. The standard InChI is InChI=1S/C13H17NO4S2/c15-11(9-19-8-10-2-1-7-20-10)14-13(12(16)17)3-5-18-6-4-13/h1-2,7H,3-6,8-9H2,(H,14,15)(H,16,17). The van der Waals surface area contributed by atoms with Crippen LogP contribution < -0.4 is 5.32 Å². The van der Waals surface area contributed by atoms with Gasteiger partial charge in [0.25, 0.3) is 0 Å². The molecule has 2 rings (SSSR count). The fourth-order valence-corrected chi connectivity index (χ4v) is 3.72. The van der Waals surface area contributed by atoms with E-state index in [0.29, 0.717) is 26.1 Å². The fraction of sp³-hybridized carbons (Fsp3) is 0.538. The number of thioether (sulfide) groups is 1. The van der Waals surface area contributed by atoms with Gasteiger partial charge in [0.05, 0.1) is 5.75 Å². The van der Waals surface area contributed by atoms with Crippen LogP contribution in [0.15, 0.2) is 17.5 Å². The number of carboxylic acid groups (broad SMARTS) is 1. The summed E-state index contributed by atoms with van der Waals surface area (Å²) in [5, 5.41) is 14.0. The first-order valence-corrected chi connectivity index (χ1v) is 8.38. The Morgan fingerprint density at radius 1 is 1.45 bits per heavy atom. The van der Waals surface area contributed by atoms with Crippen LogP contribution in [-0.4, -0.2) is 41.5 Å². The van der Waals surface area contributed by atoms with E-state index in [4.69, 9.17) is 4.74 Å². The van der Waals surface area contributed by atoms with Crippen molar-refractivity contribution >= 4 is 35.0 Å². The number of nitrogens with one attached hydrogen (secondary N) is 1. The third kappa shape index (κ3) is 3.97. The number of carboxylic acids is 1. The molecule has 110 valence electrons. The molecule has 0 radical (unpaired) electrons. The SMILES string of the molecule is O=C(CSCc1cccs1)NC1(C(=O)O)CCOCC1. The fourth-order valence-electron chi connectivity index (χ4n) is 2.05. The van der Waals surface area contributed by atoms with Crippen molar-refractivity contribution in [2.45, 2.75) is 24.1 Å². The molecule has 20 heavy (non-hydrogen) atoms. The minimum atomic E-state index is -1.15. The van der Waals surface area contributed by atoms with Crippen LogP contribution in [0, 0.1) is 0 Å². The monoisotopic (exact) mass is 315 g/mol. The molecule has 0 spiro atoms. The van der Waals surface area contributed by atoms with Gasteiger partial charge in [0.2, 0.25) is 5.91 Å². The molecule has 1 amide bonds. The second-order valence-electron chi connectivity index (χ2n) is 4.62. The van der Waals surface area contributed by atoms with E-state index in [0.717, 1.165) is 5.75 Å². The molecule has 5 nitrogen and oxygen atoms in total. The van der Waals surface area contributed by atoms with Crippen LogP contribution in [0.1, 0.15) is 17.7 Å². The molecule has 0 bridgehead atoms. The highest BCUT2D eigenvalue weighted by atomic mass is 32.2. The molecule has 1 aliphatic heterocycles. The van der Waals surface area contributed by atoms with Crippen molar-refractivity contribution in [3.05, 3.63) is 22.4 Å². The maximum atomic E-state index is 11.9. The average molecular weight is 315 g/mol. The molecule has 0 unspecified atom stereocenters. The first-order valence-electron chi connectivity index (χ1n) is 6.35. The van der Waals surface area contributed by atoms with E-state index in [9.17, 15) is 14.7 Å². The normalized spacial score (nSPS) is 17.6. The lowest BCUT2D eigenvalue weighted by molar-refractivity contribution is -0.151. The summed E-state index contributed by atoms with van der Waals surface area (Å²) in [5.41, 5.74) is -1.15. The predicted octanol–water partition coefficient (Wildman–Crippen LogP) is 1.73. The van der Waals surface area contributed by atoms with Gasteiger partial charge in [0, 0.05) is 36.7 Å². The Morgan fingerprint density at radius 2 is 2.20 bits per heavy atom. The smallest absolute Gasteiger partial charge is 0.329 e. The summed E-state index contributed by atoms with van der Waals surface area (Å²) in [6, 6.07) is 3.99. The predicted molar refractivity (Wildman–Crippen MR) is 79.0 cm³/mol. The minimum Gasteiger partial charge on any atom is -0.480 e. The molecule has 0 aromatic carbocycles. The average Bonchev–Trinajstić information content (AvgIpc) is 2.93. The number of rotatable bonds is 6. The first-order chi connectivity index (χ1) is 9.62. The molecule has 1 fully saturated rings. The van der Waals surface area contributed by atoms with Crippen molar-refractivity contribution in [2.24, 2.45) is 0 Å². The molecule has 2 N–H and O–H groups in total. The highest BCUT2D eigenvalue weighted by molar-refractivity contribution is 7.99. The van der Waals surface area contributed by atoms with Crippen LogP contribution in [-0.2, 0) is 20.1 Å². The lowest BCUT2D eigenvalue weighted by Gasteiger charge is -2.33. The van der Waals surface area contributed by atoms with Crippen LogP contribution in [0.5, 0.6) is 0 Å². The first kappa shape index (κ1) is 15.3. The topological polar surface area (TPSA) is 75.6 Å². The summed E-state index contributed by atoms with van der Waals surface area (Å²) in [6.45, 7) is 0.740. The number of hydrogen-bond acceptors (Lipinski definition) is 5. The van der Waals surface area contributed by atoms with E-state index >= 15 is 0 Å². The molecule has 1 saturated heterocycles. The summed E-state index contributed by atoms with van der Waals surface area (Å²) < 4.78 is 5.17. The van der Waals surface area contributed by atoms with E-state index in [1.54, 1.807) is 11.3 Å². The molecular formula is C13H17NO4S2. The Kier molecular flexibility index (Phi) is 5.45. The van der Waals surface area contributed by atoms with E-state index < -0.39 is 11.5 Å². The minimum absolute atomic E-state index is 0.226. The number of amides is 1. The summed E-state index contributed by atoms with van der Waals surface area (Å²) in [6.07, 6.45) is 0.646. The summed E-state index contributed by atoms with van der Waals surface area (Å²) in [4.78, 5) is 24.5. The van der Waals surface area contributed by atoms with Gasteiger partial charge in [-0.3, -0.25) is 4.79 Å². The molecule has 1 aromatic heterocycles. The molecule has 2 heterocycles. The maximum absolute atomic E-state index is 11.9. The highest BCUT2D eigenvalue weighted by Gasteiger charge is 2.41. The second-order valence-corrected chi connectivity index (χ2v) is 6.64. The largest absolute Gasteiger partial charge is 0.480 e. The quantitative estimate of drug-likeness (QED) is 0.836. The molecule has 7 heteroatoms. The lowest BCUT2D eigenvalue weighted by Crippen LogP contribution is -2.57. The Labute approximate surface area is 125 Å². The van der Waals surface area contributed by atoms with Crippen LogP contribution in [0.25, 0.3) is 0 Å². The van der Waals surface area contributed by atoms with Gasteiger partial charge in [-0.05, 0) is 11.4 Å². The number of hydrogen-bond donors (Lipinski definition) is 2. The van der Waals surface area contributed by atoms with Crippen LogP contribution in [0.4, 0.5) is 0 Å². The number of aliphatic carboxylic acids is 1. The van der Waals surface area contributed by atoms with Crippen molar-refractivity contribution in [2.75, 3.05) is 19.0 Å². The molecule has 0 saturated carbocycles. The highest BCUT2D eigenvalue weighted by Crippen LogP contribution is 2.22. The van der Waals surface area contributed by atoms with E-state index in [1.807, 2.05) is 17.5 Å². The third-order valence-electron chi connectivity index (χ3n) is 3.19. The van der Waals surface area contributed by atoms with Crippen molar-refractivity contribution < 1.29 is 19.4 Å². The van der Waals surface area contributed by atoms with Gasteiger partial charge < -0.3 is 15.2 Å². The van der Waals surface area contributed by atoms with Gasteiger partial charge in [-0.1, -0.05) is 6.07 Å². The second kappa shape index (κ2) is 7.10. The number of ether oxygens (including phenoxy) is 1. The Morgan fingerprint density at radius 3 is 2.80 bits per heavy atom. The Bertz CT molecular complexity index is 455. The van der Waals surface area contributed by atoms with E-state index in [2.05, 4.69) is 5.32 Å². The third-order valence-corrected chi connectivity index (χ3v) is 5.23. The van der Waals surface area contributed by atoms with Crippen LogP contribution in [0.3, 0.4) is 0 Å². The van der Waals surface area contributed by atoms with Gasteiger partial charge >= 0.3 is 5.97 Å². The Balaban J connectivity index is 1.81. The van der Waals surface area contributed by atoms with Gasteiger partial charge in [-0.2, -0.15) is 0 Å². The van der Waals surface area contributed by atoms with Gasteiger partial charge in [0.1, 0.15) is 5.54 Å². The van der Waals surface area contributed by atoms with E-state index in [-0.39, 0.29) is 11.7 Å². The van der Waals surface area contributed by atoms with Crippen molar-refractivity contribution in [3.63, 3.8) is 0 Å². The Hall–Kier alpha value is -1.05. The summed E-state index contributed by atoms with van der Waals surface area (Å²) in [5.74, 6) is -0.157.